The Kier molecular flexibility index (Phi) is 4.52. The minimum absolute atomic E-state index is 0.179. The number of hydrogen-bond acceptors (Lipinski definition) is 3. The van der Waals surface area contributed by atoms with Crippen LogP contribution in [-0.2, 0) is 6.54 Å². The van der Waals surface area contributed by atoms with E-state index in [1.807, 2.05) is 42.5 Å². The fourth-order valence-electron chi connectivity index (χ4n) is 3.59. The maximum atomic E-state index is 12.8. The minimum Gasteiger partial charge on any atom is -0.348 e. The molecule has 2 aromatic carbocycles. The Bertz CT molecular complexity index is 989. The average Bonchev–Trinajstić information content (AvgIpc) is 3.18. The molecule has 1 fully saturated rings. The lowest BCUT2D eigenvalue weighted by molar-refractivity contribution is 0.0932. The highest BCUT2D eigenvalue weighted by atomic mass is 16.2. The van der Waals surface area contributed by atoms with Crippen LogP contribution < -0.4 is 10.9 Å². The Morgan fingerprint density at radius 2 is 1.65 bits per heavy atom. The molecule has 0 atom stereocenters. The molecule has 26 heavy (non-hydrogen) atoms. The van der Waals surface area contributed by atoms with Crippen molar-refractivity contribution in [2.45, 2.75) is 38.3 Å². The van der Waals surface area contributed by atoms with E-state index in [1.165, 1.54) is 4.68 Å². The van der Waals surface area contributed by atoms with E-state index >= 15 is 0 Å². The van der Waals surface area contributed by atoms with E-state index in [4.69, 9.17) is 0 Å². The number of amides is 1. The molecule has 0 unspecified atom stereocenters. The second-order valence-corrected chi connectivity index (χ2v) is 6.80. The SMILES string of the molecule is O=C(NC1CCCC1)c1nn(Cc2ccccc2)c(=O)c2ccccc12. The molecule has 1 aliphatic carbocycles. The summed E-state index contributed by atoms with van der Waals surface area (Å²) in [5.74, 6) is -0.199. The highest BCUT2D eigenvalue weighted by molar-refractivity contribution is 6.04. The molecule has 1 N–H and O–H groups in total. The van der Waals surface area contributed by atoms with Crippen molar-refractivity contribution in [1.82, 2.24) is 15.1 Å². The van der Waals surface area contributed by atoms with E-state index in [2.05, 4.69) is 10.4 Å². The van der Waals surface area contributed by atoms with Crippen molar-refractivity contribution in [2.75, 3.05) is 0 Å². The van der Waals surface area contributed by atoms with Gasteiger partial charge in [0, 0.05) is 11.4 Å². The molecule has 1 saturated carbocycles. The molecule has 1 amide bonds. The van der Waals surface area contributed by atoms with E-state index in [-0.39, 0.29) is 17.5 Å². The number of fused-ring (bicyclic) bond motifs is 1. The highest BCUT2D eigenvalue weighted by Gasteiger charge is 2.21. The summed E-state index contributed by atoms with van der Waals surface area (Å²) in [6, 6.07) is 17.1. The lowest BCUT2D eigenvalue weighted by Gasteiger charge is -2.14. The van der Waals surface area contributed by atoms with Gasteiger partial charge in [-0.2, -0.15) is 5.10 Å². The standard InChI is InChI=1S/C21H21N3O2/c25-20(22-16-10-4-5-11-16)19-17-12-6-7-13-18(17)21(26)24(23-19)14-15-8-2-1-3-9-15/h1-3,6-9,12-13,16H,4-5,10-11,14H2,(H,22,25). The van der Waals surface area contributed by atoms with Crippen LogP contribution >= 0.6 is 0 Å². The largest absolute Gasteiger partial charge is 0.348 e. The van der Waals surface area contributed by atoms with Gasteiger partial charge >= 0.3 is 0 Å². The van der Waals surface area contributed by atoms with Crippen LogP contribution in [0, 0.1) is 0 Å². The first-order valence-corrected chi connectivity index (χ1v) is 9.07. The summed E-state index contributed by atoms with van der Waals surface area (Å²) in [6.07, 6.45) is 4.31. The van der Waals surface area contributed by atoms with Gasteiger partial charge in [-0.1, -0.05) is 61.4 Å². The lowest BCUT2D eigenvalue weighted by Crippen LogP contribution is -2.35. The van der Waals surface area contributed by atoms with Gasteiger partial charge in [-0.3, -0.25) is 9.59 Å². The van der Waals surface area contributed by atoms with Gasteiger partial charge < -0.3 is 5.32 Å². The molecular formula is C21H21N3O2. The predicted octanol–water partition coefficient (Wildman–Crippen LogP) is 3.12. The maximum Gasteiger partial charge on any atom is 0.274 e. The number of carbonyl (C=O) groups is 1. The van der Waals surface area contributed by atoms with Crippen molar-refractivity contribution >= 4 is 16.7 Å². The van der Waals surface area contributed by atoms with Crippen LogP contribution in [0.1, 0.15) is 41.7 Å². The molecular weight excluding hydrogens is 326 g/mol. The third kappa shape index (κ3) is 3.25. The number of aromatic nitrogens is 2. The molecule has 0 bridgehead atoms. The third-order valence-electron chi connectivity index (χ3n) is 4.95. The monoisotopic (exact) mass is 347 g/mol. The highest BCUT2D eigenvalue weighted by Crippen LogP contribution is 2.19. The van der Waals surface area contributed by atoms with Crippen LogP contribution in [0.4, 0.5) is 0 Å². The normalized spacial score (nSPS) is 14.6. The van der Waals surface area contributed by atoms with Crippen molar-refractivity contribution < 1.29 is 4.79 Å². The topological polar surface area (TPSA) is 64.0 Å². The quantitative estimate of drug-likeness (QED) is 0.789. The molecule has 3 aromatic rings. The first-order chi connectivity index (χ1) is 12.7. The van der Waals surface area contributed by atoms with Gasteiger partial charge in [0.1, 0.15) is 0 Å². The number of benzene rings is 2. The van der Waals surface area contributed by atoms with Gasteiger partial charge in [0.15, 0.2) is 5.69 Å². The van der Waals surface area contributed by atoms with Crippen LogP contribution in [0.15, 0.2) is 59.4 Å². The molecule has 0 saturated heterocycles. The van der Waals surface area contributed by atoms with E-state index in [0.29, 0.717) is 23.0 Å². The third-order valence-corrected chi connectivity index (χ3v) is 4.95. The number of rotatable bonds is 4. The summed E-state index contributed by atoms with van der Waals surface area (Å²) in [6.45, 7) is 0.341. The zero-order chi connectivity index (χ0) is 17.9. The number of nitrogens with zero attached hydrogens (tertiary/aromatic N) is 2. The Morgan fingerprint density at radius 1 is 1.00 bits per heavy atom. The lowest BCUT2D eigenvalue weighted by atomic mass is 10.1. The summed E-state index contributed by atoms with van der Waals surface area (Å²) >= 11 is 0. The summed E-state index contributed by atoms with van der Waals surface area (Å²) in [4.78, 5) is 25.7. The van der Waals surface area contributed by atoms with Crippen LogP contribution in [0.2, 0.25) is 0 Å². The average molecular weight is 347 g/mol. The van der Waals surface area contributed by atoms with Crippen molar-refractivity contribution in [3.63, 3.8) is 0 Å². The van der Waals surface area contributed by atoms with Gasteiger partial charge in [-0.25, -0.2) is 4.68 Å². The summed E-state index contributed by atoms with van der Waals surface area (Å²) in [5, 5.41) is 8.64. The van der Waals surface area contributed by atoms with E-state index in [9.17, 15) is 9.59 Å². The van der Waals surface area contributed by atoms with Crippen molar-refractivity contribution in [1.29, 1.82) is 0 Å². The first kappa shape index (κ1) is 16.5. The van der Waals surface area contributed by atoms with E-state index in [1.54, 1.807) is 12.1 Å². The second kappa shape index (κ2) is 7.12. The molecule has 5 nitrogen and oxygen atoms in total. The Morgan fingerprint density at radius 3 is 2.38 bits per heavy atom. The van der Waals surface area contributed by atoms with Crippen LogP contribution in [0.3, 0.4) is 0 Å². The van der Waals surface area contributed by atoms with Crippen molar-refractivity contribution in [3.8, 4) is 0 Å². The molecule has 1 aliphatic rings. The summed E-state index contributed by atoms with van der Waals surface area (Å²) < 4.78 is 1.39. The zero-order valence-corrected chi connectivity index (χ0v) is 14.5. The van der Waals surface area contributed by atoms with Crippen molar-refractivity contribution in [3.05, 3.63) is 76.2 Å². The molecule has 0 spiro atoms. The Hall–Kier alpha value is -2.95. The van der Waals surface area contributed by atoms with Crippen LogP contribution in [0.25, 0.3) is 10.8 Å². The second-order valence-electron chi connectivity index (χ2n) is 6.80. The Balaban J connectivity index is 1.76. The van der Waals surface area contributed by atoms with Gasteiger partial charge in [0.25, 0.3) is 11.5 Å². The number of hydrogen-bond donors (Lipinski definition) is 1. The number of nitrogens with one attached hydrogen (secondary N) is 1. The predicted molar refractivity (Wildman–Crippen MR) is 101 cm³/mol. The molecule has 4 rings (SSSR count). The van der Waals surface area contributed by atoms with Crippen LogP contribution in [0.5, 0.6) is 0 Å². The maximum absolute atomic E-state index is 12.8. The minimum atomic E-state index is -0.199. The summed E-state index contributed by atoms with van der Waals surface area (Å²) in [7, 11) is 0. The molecule has 5 heteroatoms. The molecule has 0 aliphatic heterocycles. The summed E-state index contributed by atoms with van der Waals surface area (Å²) in [5.41, 5.74) is 1.12. The molecule has 1 heterocycles. The molecule has 1 aromatic heterocycles. The fraction of sp³-hybridized carbons (Fsp3) is 0.286. The number of carbonyl (C=O) groups excluding carboxylic acids is 1. The van der Waals surface area contributed by atoms with Gasteiger partial charge in [0.2, 0.25) is 0 Å². The van der Waals surface area contributed by atoms with E-state index in [0.717, 1.165) is 31.2 Å². The fourth-order valence-corrected chi connectivity index (χ4v) is 3.59. The van der Waals surface area contributed by atoms with Crippen molar-refractivity contribution in [2.24, 2.45) is 0 Å². The molecule has 132 valence electrons. The molecule has 0 radical (unpaired) electrons. The van der Waals surface area contributed by atoms with E-state index < -0.39 is 0 Å². The zero-order valence-electron chi connectivity index (χ0n) is 14.5. The Labute approximate surface area is 151 Å². The smallest absolute Gasteiger partial charge is 0.274 e. The van der Waals surface area contributed by atoms with Crippen LogP contribution in [-0.4, -0.2) is 21.7 Å². The van der Waals surface area contributed by atoms with Gasteiger partial charge in [-0.15, -0.1) is 0 Å². The first-order valence-electron chi connectivity index (χ1n) is 9.07. The van der Waals surface area contributed by atoms with Gasteiger partial charge in [0.05, 0.1) is 11.9 Å². The van der Waals surface area contributed by atoms with Gasteiger partial charge in [-0.05, 0) is 24.5 Å².